The Morgan fingerprint density at radius 1 is 1.32 bits per heavy atom. The highest BCUT2D eigenvalue weighted by Gasteiger charge is 2.35. The van der Waals surface area contributed by atoms with Gasteiger partial charge in [0.15, 0.2) is 0 Å². The number of nitrogens with zero attached hydrogens (tertiary/aromatic N) is 3. The number of anilines is 1. The van der Waals surface area contributed by atoms with E-state index in [0.717, 1.165) is 36.8 Å². The molecule has 1 fully saturated rings. The van der Waals surface area contributed by atoms with Crippen molar-refractivity contribution in [1.82, 2.24) is 20.2 Å². The number of amides is 2. The van der Waals surface area contributed by atoms with Crippen molar-refractivity contribution in [3.63, 3.8) is 0 Å². The van der Waals surface area contributed by atoms with Crippen molar-refractivity contribution in [2.45, 2.75) is 57.3 Å². The monoisotopic (exact) mass is 537 g/mol. The minimum atomic E-state index is -0.704. The van der Waals surface area contributed by atoms with Crippen LogP contribution in [0, 0.1) is 0 Å². The number of hydrogen-bond donors (Lipinski definition) is 3. The highest BCUT2D eigenvalue weighted by atomic mass is 35.5. The molecule has 10 heteroatoms. The number of aliphatic hydroxyl groups is 1. The lowest BCUT2D eigenvalue weighted by Crippen LogP contribution is -2.49. The number of benzene rings is 1. The first-order valence-electron chi connectivity index (χ1n) is 13.0. The van der Waals surface area contributed by atoms with Crippen LogP contribution < -0.4 is 10.6 Å². The summed E-state index contributed by atoms with van der Waals surface area (Å²) >= 11 is 6.46. The molecule has 1 aromatic heterocycles. The molecule has 3 heterocycles. The van der Waals surface area contributed by atoms with Crippen molar-refractivity contribution in [1.29, 1.82) is 0 Å². The maximum atomic E-state index is 13.4. The molecule has 0 unspecified atom stereocenters. The molecule has 1 aliphatic carbocycles. The molecule has 2 atom stereocenters. The summed E-state index contributed by atoms with van der Waals surface area (Å²) in [4.78, 5) is 37.0. The van der Waals surface area contributed by atoms with E-state index in [2.05, 4.69) is 26.7 Å². The fourth-order valence-electron chi connectivity index (χ4n) is 5.05. The van der Waals surface area contributed by atoms with Gasteiger partial charge in [-0.15, -0.1) is 0 Å². The number of nitrogens with one attached hydrogen (secondary N) is 2. The van der Waals surface area contributed by atoms with Gasteiger partial charge in [0.05, 0.1) is 29.6 Å². The molecule has 5 rings (SSSR count). The predicted octanol–water partition coefficient (Wildman–Crippen LogP) is 3.49. The van der Waals surface area contributed by atoms with Crippen LogP contribution in [0.3, 0.4) is 0 Å². The molecule has 0 radical (unpaired) electrons. The van der Waals surface area contributed by atoms with E-state index in [1.807, 2.05) is 24.3 Å². The first-order valence-corrected chi connectivity index (χ1v) is 13.4. The smallest absolute Gasteiger partial charge is 0.255 e. The maximum absolute atomic E-state index is 13.4. The summed E-state index contributed by atoms with van der Waals surface area (Å²) in [5.74, 6) is -0.0452. The molecule has 9 nitrogen and oxygen atoms in total. The minimum Gasteiger partial charge on any atom is -0.394 e. The molecule has 3 N–H and O–H groups in total. The normalized spacial score (nSPS) is 19.1. The van der Waals surface area contributed by atoms with Gasteiger partial charge in [-0.2, -0.15) is 0 Å². The zero-order valence-corrected chi connectivity index (χ0v) is 22.1. The van der Waals surface area contributed by atoms with Crippen molar-refractivity contribution >= 4 is 29.4 Å². The molecule has 1 aromatic carbocycles. The second-order valence-corrected chi connectivity index (χ2v) is 10.3. The number of allylic oxidation sites excluding steroid dienone is 3. The van der Waals surface area contributed by atoms with Crippen LogP contribution in [0.15, 0.2) is 48.2 Å². The van der Waals surface area contributed by atoms with E-state index in [0.29, 0.717) is 47.6 Å². The quantitative estimate of drug-likeness (QED) is 0.472. The van der Waals surface area contributed by atoms with Gasteiger partial charge in [0, 0.05) is 36.9 Å². The third-order valence-corrected chi connectivity index (χ3v) is 7.63. The van der Waals surface area contributed by atoms with Gasteiger partial charge >= 0.3 is 0 Å². The molecule has 3 aliphatic rings. The van der Waals surface area contributed by atoms with Crippen molar-refractivity contribution in [2.24, 2.45) is 0 Å². The SMILES string of the molecule is C[C@H](C(=O)N[C@H](CO)C1=CC=CCC1)N1Cc2ccc(-c3nc(NC4CCOCC4)ncc3Cl)cc2C1=O. The fraction of sp³-hybridized carbons (Fsp3) is 0.429. The van der Waals surface area contributed by atoms with Crippen molar-refractivity contribution in [2.75, 3.05) is 25.1 Å². The molecular formula is C28H32ClN5O4. The number of carbonyl (C=O) groups excluding carboxylic acids is 2. The van der Waals surface area contributed by atoms with E-state index >= 15 is 0 Å². The largest absolute Gasteiger partial charge is 0.394 e. The Balaban J connectivity index is 1.30. The Bertz CT molecular complexity index is 1270. The number of hydrogen-bond acceptors (Lipinski definition) is 7. The zero-order valence-electron chi connectivity index (χ0n) is 21.3. The topological polar surface area (TPSA) is 117 Å². The molecule has 0 bridgehead atoms. The second-order valence-electron chi connectivity index (χ2n) is 9.85. The van der Waals surface area contributed by atoms with Crippen LogP contribution in [-0.4, -0.2) is 69.7 Å². The summed E-state index contributed by atoms with van der Waals surface area (Å²) in [6.07, 6.45) is 10.9. The van der Waals surface area contributed by atoms with Crippen molar-refractivity contribution in [3.8, 4) is 11.3 Å². The van der Waals surface area contributed by atoms with Gasteiger partial charge in [0.2, 0.25) is 11.9 Å². The van der Waals surface area contributed by atoms with Gasteiger partial charge in [-0.1, -0.05) is 42.0 Å². The van der Waals surface area contributed by atoms with Gasteiger partial charge in [0.25, 0.3) is 5.91 Å². The molecule has 2 aliphatic heterocycles. The summed E-state index contributed by atoms with van der Waals surface area (Å²) in [7, 11) is 0. The Morgan fingerprint density at radius 3 is 2.87 bits per heavy atom. The maximum Gasteiger partial charge on any atom is 0.255 e. The van der Waals surface area contributed by atoms with Crippen molar-refractivity contribution in [3.05, 3.63) is 64.3 Å². The van der Waals surface area contributed by atoms with Crippen LogP contribution in [0.1, 0.15) is 48.5 Å². The number of carbonyl (C=O) groups is 2. The van der Waals surface area contributed by atoms with Crippen LogP contribution in [0.2, 0.25) is 5.02 Å². The first kappa shape index (κ1) is 26.3. The number of aromatic nitrogens is 2. The van der Waals surface area contributed by atoms with Crippen LogP contribution in [0.4, 0.5) is 5.95 Å². The van der Waals surface area contributed by atoms with E-state index in [9.17, 15) is 14.7 Å². The number of aliphatic hydroxyl groups excluding tert-OH is 1. The molecule has 38 heavy (non-hydrogen) atoms. The van der Waals surface area contributed by atoms with Crippen LogP contribution in [0.5, 0.6) is 0 Å². The number of halogens is 1. The molecule has 2 amide bonds. The lowest BCUT2D eigenvalue weighted by molar-refractivity contribution is -0.126. The minimum absolute atomic E-state index is 0.194. The second kappa shape index (κ2) is 11.6. The Kier molecular flexibility index (Phi) is 8.06. The third-order valence-electron chi connectivity index (χ3n) is 7.35. The molecule has 200 valence electrons. The predicted molar refractivity (Wildman–Crippen MR) is 145 cm³/mol. The van der Waals surface area contributed by atoms with Gasteiger partial charge in [-0.25, -0.2) is 9.97 Å². The average Bonchev–Trinajstić information content (AvgIpc) is 3.28. The molecular weight excluding hydrogens is 506 g/mol. The van der Waals surface area contributed by atoms with Crippen LogP contribution >= 0.6 is 11.6 Å². The summed E-state index contributed by atoms with van der Waals surface area (Å²) in [5.41, 5.74) is 3.58. The van der Waals surface area contributed by atoms with E-state index in [4.69, 9.17) is 16.3 Å². The molecule has 2 aromatic rings. The number of ether oxygens (including phenoxy) is 1. The average molecular weight is 538 g/mol. The van der Waals surface area contributed by atoms with Crippen LogP contribution in [0.25, 0.3) is 11.3 Å². The fourth-order valence-corrected chi connectivity index (χ4v) is 5.25. The molecule has 0 saturated carbocycles. The summed E-state index contributed by atoms with van der Waals surface area (Å²) in [6.45, 7) is 3.24. The van der Waals surface area contributed by atoms with E-state index in [1.54, 1.807) is 24.1 Å². The van der Waals surface area contributed by atoms with Gasteiger partial charge in [-0.3, -0.25) is 9.59 Å². The lowest BCUT2D eigenvalue weighted by atomic mass is 9.98. The molecule has 0 spiro atoms. The molecule has 1 saturated heterocycles. The Hall–Kier alpha value is -3.27. The first-order chi connectivity index (χ1) is 18.4. The van der Waals surface area contributed by atoms with E-state index < -0.39 is 12.1 Å². The summed E-state index contributed by atoms with van der Waals surface area (Å²) in [5, 5.41) is 16.5. The van der Waals surface area contributed by atoms with Gasteiger partial charge in [0.1, 0.15) is 6.04 Å². The zero-order chi connectivity index (χ0) is 26.6. The number of rotatable bonds is 8. The Labute approximate surface area is 226 Å². The van der Waals surface area contributed by atoms with Crippen molar-refractivity contribution < 1.29 is 19.4 Å². The Morgan fingerprint density at radius 2 is 2.13 bits per heavy atom. The number of fused-ring (bicyclic) bond motifs is 1. The highest BCUT2D eigenvalue weighted by molar-refractivity contribution is 6.33. The third kappa shape index (κ3) is 5.60. The van der Waals surface area contributed by atoms with Gasteiger partial charge < -0.3 is 25.4 Å². The summed E-state index contributed by atoms with van der Waals surface area (Å²) < 4.78 is 5.42. The van der Waals surface area contributed by atoms with Crippen LogP contribution in [-0.2, 0) is 16.1 Å². The van der Waals surface area contributed by atoms with E-state index in [-0.39, 0.29) is 24.5 Å². The van der Waals surface area contributed by atoms with Gasteiger partial charge in [-0.05, 0) is 49.8 Å². The highest BCUT2D eigenvalue weighted by Crippen LogP contribution is 2.32. The lowest BCUT2D eigenvalue weighted by Gasteiger charge is -2.27. The summed E-state index contributed by atoms with van der Waals surface area (Å²) in [6, 6.07) is 4.61. The standard InChI is InChI=1S/C28H32ClN5O4/c1-17(26(36)32-24(16-35)18-5-3-2-4-6-18)34-15-20-8-7-19(13-22(20)27(34)37)25-23(29)14-30-28(33-25)31-21-9-11-38-12-10-21/h2-3,5,7-8,13-14,17,21,24,35H,4,6,9-12,15-16H2,1H3,(H,32,36)(H,30,31,33)/t17-,24-/m1/s1. The van der Waals surface area contributed by atoms with E-state index in [1.165, 1.54) is 0 Å².